The first-order valence-corrected chi connectivity index (χ1v) is 5.03. The van der Waals surface area contributed by atoms with Crippen LogP contribution < -0.4 is 0 Å². The molecule has 0 saturated heterocycles. The minimum Gasteiger partial charge on any atom is -0.207 e. The first-order chi connectivity index (χ1) is 6.84. The van der Waals surface area contributed by atoms with Gasteiger partial charge in [-0.1, -0.05) is 24.3 Å². The highest BCUT2D eigenvalue weighted by Gasteiger charge is 2.24. The van der Waals surface area contributed by atoms with Crippen LogP contribution in [0.15, 0.2) is 36.4 Å². The predicted molar refractivity (Wildman–Crippen MR) is 55.9 cm³/mol. The Morgan fingerprint density at radius 2 is 1.93 bits per heavy atom. The summed E-state index contributed by atoms with van der Waals surface area (Å²) in [6, 6.07) is 11.2. The summed E-state index contributed by atoms with van der Waals surface area (Å²) in [6.45, 7) is 0. The van der Waals surface area contributed by atoms with Gasteiger partial charge in [-0.05, 0) is 47.2 Å². The fourth-order valence-corrected chi connectivity index (χ4v) is 2.03. The lowest BCUT2D eigenvalue weighted by Crippen LogP contribution is -1.83. The Hall–Kier alpha value is -1.37. The van der Waals surface area contributed by atoms with Crippen molar-refractivity contribution in [2.45, 2.75) is 18.8 Å². The van der Waals surface area contributed by atoms with E-state index in [0.29, 0.717) is 0 Å². The molecule has 1 heteroatoms. The van der Waals surface area contributed by atoms with Crippen LogP contribution in [0.3, 0.4) is 0 Å². The Balaban J connectivity index is 2.30. The molecule has 14 heavy (non-hydrogen) atoms. The van der Waals surface area contributed by atoms with Crippen molar-refractivity contribution < 1.29 is 4.39 Å². The lowest BCUT2D eigenvalue weighted by Gasteiger charge is -2.04. The lowest BCUT2D eigenvalue weighted by molar-refractivity contribution is 0.629. The largest absolute Gasteiger partial charge is 0.207 e. The second-order valence-electron chi connectivity index (χ2n) is 3.99. The number of hydrogen-bond donors (Lipinski definition) is 0. The monoisotopic (exact) mass is 186 g/mol. The van der Waals surface area contributed by atoms with Crippen LogP contribution in [0.25, 0.3) is 10.8 Å². The van der Waals surface area contributed by atoms with Gasteiger partial charge in [-0.25, -0.2) is 4.39 Å². The predicted octanol–water partition coefficient (Wildman–Crippen LogP) is 3.86. The summed E-state index contributed by atoms with van der Waals surface area (Å²) in [4.78, 5) is 0. The summed E-state index contributed by atoms with van der Waals surface area (Å²) < 4.78 is 13.0. The molecule has 2 aromatic carbocycles. The molecule has 0 N–H and O–H groups in total. The van der Waals surface area contributed by atoms with E-state index in [4.69, 9.17) is 0 Å². The zero-order valence-corrected chi connectivity index (χ0v) is 7.83. The van der Waals surface area contributed by atoms with E-state index in [9.17, 15) is 4.39 Å². The van der Waals surface area contributed by atoms with Crippen LogP contribution >= 0.6 is 0 Å². The SMILES string of the molecule is Fc1ccc2c(C3CC3)cccc2c1. The van der Waals surface area contributed by atoms with Crippen LogP contribution in [0.1, 0.15) is 24.3 Å². The third kappa shape index (κ3) is 1.20. The Kier molecular flexibility index (Phi) is 1.60. The average molecular weight is 186 g/mol. The van der Waals surface area contributed by atoms with Gasteiger partial charge < -0.3 is 0 Å². The maximum atomic E-state index is 13.0. The summed E-state index contributed by atoms with van der Waals surface area (Å²) in [5.74, 6) is 0.578. The van der Waals surface area contributed by atoms with Crippen LogP contribution in [0.2, 0.25) is 0 Å². The lowest BCUT2D eigenvalue weighted by atomic mass is 10.0. The molecule has 0 atom stereocenters. The van der Waals surface area contributed by atoms with E-state index < -0.39 is 0 Å². The molecule has 0 unspecified atom stereocenters. The van der Waals surface area contributed by atoms with Crippen LogP contribution in [-0.2, 0) is 0 Å². The smallest absolute Gasteiger partial charge is 0.123 e. The van der Waals surface area contributed by atoms with E-state index in [-0.39, 0.29) is 5.82 Å². The molecular weight excluding hydrogens is 175 g/mol. The van der Waals surface area contributed by atoms with Crippen LogP contribution in [0, 0.1) is 5.82 Å². The molecule has 0 nitrogen and oxygen atoms in total. The summed E-state index contributed by atoms with van der Waals surface area (Å²) in [7, 11) is 0. The normalized spacial score (nSPS) is 16.1. The molecule has 0 radical (unpaired) electrons. The average Bonchev–Trinajstić information content (AvgIpc) is 2.99. The minimum absolute atomic E-state index is 0.148. The van der Waals surface area contributed by atoms with E-state index in [0.717, 1.165) is 11.3 Å². The van der Waals surface area contributed by atoms with Crippen molar-refractivity contribution in [3.63, 3.8) is 0 Å². The standard InChI is InChI=1S/C13H11F/c14-11-6-7-13-10(8-11)2-1-3-12(13)9-4-5-9/h1-3,6-9H,4-5H2. The van der Waals surface area contributed by atoms with Gasteiger partial charge in [-0.15, -0.1) is 0 Å². The van der Waals surface area contributed by atoms with Gasteiger partial charge in [0.2, 0.25) is 0 Å². The van der Waals surface area contributed by atoms with Crippen LogP contribution in [0.4, 0.5) is 4.39 Å². The molecule has 1 aliphatic rings. The summed E-state index contributed by atoms with van der Waals surface area (Å²) in [5.41, 5.74) is 1.39. The van der Waals surface area contributed by atoms with E-state index in [1.807, 2.05) is 18.2 Å². The van der Waals surface area contributed by atoms with E-state index in [1.54, 1.807) is 12.1 Å². The van der Waals surface area contributed by atoms with Crippen molar-refractivity contribution >= 4 is 10.8 Å². The third-order valence-electron chi connectivity index (χ3n) is 2.89. The highest BCUT2D eigenvalue weighted by Crippen LogP contribution is 2.42. The Morgan fingerprint density at radius 3 is 2.71 bits per heavy atom. The van der Waals surface area contributed by atoms with Gasteiger partial charge in [0, 0.05) is 0 Å². The van der Waals surface area contributed by atoms with Gasteiger partial charge in [0.1, 0.15) is 5.82 Å². The van der Waals surface area contributed by atoms with Crippen molar-refractivity contribution in [1.29, 1.82) is 0 Å². The fourth-order valence-electron chi connectivity index (χ4n) is 2.03. The second-order valence-corrected chi connectivity index (χ2v) is 3.99. The maximum absolute atomic E-state index is 13.0. The van der Waals surface area contributed by atoms with Crippen molar-refractivity contribution in [2.75, 3.05) is 0 Å². The Labute approximate surface area is 82.4 Å². The minimum atomic E-state index is -0.148. The van der Waals surface area contributed by atoms with Crippen LogP contribution in [0.5, 0.6) is 0 Å². The molecule has 0 aromatic heterocycles. The first kappa shape index (κ1) is 7.98. The number of fused-ring (bicyclic) bond motifs is 1. The molecule has 1 aliphatic carbocycles. The van der Waals surface area contributed by atoms with E-state index in [1.165, 1.54) is 23.8 Å². The van der Waals surface area contributed by atoms with Gasteiger partial charge in [-0.3, -0.25) is 0 Å². The number of rotatable bonds is 1. The zero-order chi connectivity index (χ0) is 9.54. The maximum Gasteiger partial charge on any atom is 0.123 e. The second kappa shape index (κ2) is 2.81. The molecule has 1 fully saturated rings. The zero-order valence-electron chi connectivity index (χ0n) is 7.83. The highest BCUT2D eigenvalue weighted by molar-refractivity contribution is 5.86. The van der Waals surface area contributed by atoms with Crippen molar-refractivity contribution in [1.82, 2.24) is 0 Å². The summed E-state index contributed by atoms with van der Waals surface area (Å²) in [5, 5.41) is 2.24. The highest BCUT2D eigenvalue weighted by atomic mass is 19.1. The number of halogens is 1. The molecule has 2 aromatic rings. The number of hydrogen-bond acceptors (Lipinski definition) is 0. The first-order valence-electron chi connectivity index (χ1n) is 5.03. The number of benzene rings is 2. The van der Waals surface area contributed by atoms with Gasteiger partial charge in [0.25, 0.3) is 0 Å². The topological polar surface area (TPSA) is 0 Å². The van der Waals surface area contributed by atoms with Crippen molar-refractivity contribution in [3.05, 3.63) is 47.8 Å². The summed E-state index contributed by atoms with van der Waals surface area (Å²) in [6.07, 6.45) is 2.58. The van der Waals surface area contributed by atoms with E-state index in [2.05, 4.69) is 6.07 Å². The van der Waals surface area contributed by atoms with Gasteiger partial charge in [0.15, 0.2) is 0 Å². The summed E-state index contributed by atoms with van der Waals surface area (Å²) >= 11 is 0. The molecule has 3 rings (SSSR count). The molecule has 0 heterocycles. The molecule has 0 aliphatic heterocycles. The van der Waals surface area contributed by atoms with Gasteiger partial charge in [0.05, 0.1) is 0 Å². The van der Waals surface area contributed by atoms with Crippen LogP contribution in [-0.4, -0.2) is 0 Å². The third-order valence-corrected chi connectivity index (χ3v) is 2.89. The quantitative estimate of drug-likeness (QED) is 0.634. The molecule has 0 bridgehead atoms. The molecule has 70 valence electrons. The van der Waals surface area contributed by atoms with Gasteiger partial charge >= 0.3 is 0 Å². The molecule has 0 amide bonds. The Morgan fingerprint density at radius 1 is 1.07 bits per heavy atom. The fraction of sp³-hybridized carbons (Fsp3) is 0.231. The van der Waals surface area contributed by atoms with E-state index >= 15 is 0 Å². The molecule has 1 saturated carbocycles. The van der Waals surface area contributed by atoms with Crippen molar-refractivity contribution in [2.24, 2.45) is 0 Å². The Bertz CT molecular complexity index is 484. The van der Waals surface area contributed by atoms with Crippen molar-refractivity contribution in [3.8, 4) is 0 Å². The molecule has 0 spiro atoms. The molecular formula is C13H11F. The van der Waals surface area contributed by atoms with Gasteiger partial charge in [-0.2, -0.15) is 0 Å².